The molecule has 0 aliphatic rings. The lowest BCUT2D eigenvalue weighted by Crippen LogP contribution is -2.38. The van der Waals surface area contributed by atoms with Crippen LogP contribution in [0.5, 0.6) is 0 Å². The minimum Gasteiger partial charge on any atom is -0.382 e. The largest absolute Gasteiger partial charge is 0.382 e. The number of aliphatic imine (C=N–C) groups is 1. The molecule has 0 aromatic rings. The van der Waals surface area contributed by atoms with Gasteiger partial charge in [0.15, 0.2) is 5.96 Å². The number of sulfone groups is 1. The second-order valence-corrected chi connectivity index (χ2v) is 6.89. The summed E-state index contributed by atoms with van der Waals surface area (Å²) in [7, 11) is -1.26. The van der Waals surface area contributed by atoms with E-state index in [1.165, 1.54) is 6.26 Å². The van der Waals surface area contributed by atoms with E-state index in [0.717, 1.165) is 19.5 Å². The topological polar surface area (TPSA) is 89.0 Å². The van der Waals surface area contributed by atoms with Crippen molar-refractivity contribution in [1.82, 2.24) is 10.6 Å². The highest BCUT2D eigenvalue weighted by Crippen LogP contribution is 1.90. The highest BCUT2D eigenvalue weighted by molar-refractivity contribution is 7.90. The number of hydrogen-bond donors (Lipinski definition) is 2. The second kappa shape index (κ2) is 12.8. The van der Waals surface area contributed by atoms with Crippen molar-refractivity contribution in [2.75, 3.05) is 58.6 Å². The Morgan fingerprint density at radius 2 is 1.90 bits per heavy atom. The second-order valence-electron chi connectivity index (χ2n) is 4.63. The summed E-state index contributed by atoms with van der Waals surface area (Å²) in [5.41, 5.74) is 0. The number of rotatable bonds is 12. The van der Waals surface area contributed by atoms with Crippen LogP contribution in [0.3, 0.4) is 0 Å². The van der Waals surface area contributed by atoms with Crippen molar-refractivity contribution in [2.24, 2.45) is 4.99 Å². The predicted molar refractivity (Wildman–Crippen MR) is 85.6 cm³/mol. The molecule has 0 bridgehead atoms. The monoisotopic (exact) mass is 323 g/mol. The van der Waals surface area contributed by atoms with Gasteiger partial charge in [-0.2, -0.15) is 0 Å². The van der Waals surface area contributed by atoms with Gasteiger partial charge in [-0.05, 0) is 19.8 Å². The quantitative estimate of drug-likeness (QED) is 0.299. The van der Waals surface area contributed by atoms with E-state index in [0.29, 0.717) is 38.7 Å². The van der Waals surface area contributed by atoms with Crippen molar-refractivity contribution in [3.8, 4) is 0 Å². The van der Waals surface area contributed by atoms with Crippen LogP contribution in [0.1, 0.15) is 19.8 Å². The molecular formula is C13H29N3O4S. The van der Waals surface area contributed by atoms with E-state index < -0.39 is 9.84 Å². The Balaban J connectivity index is 3.79. The molecule has 0 heterocycles. The maximum Gasteiger partial charge on any atom is 0.191 e. The summed E-state index contributed by atoms with van der Waals surface area (Å²) < 4.78 is 32.3. The SMILES string of the molecule is CCNC(=NCCCS(C)(=O)=O)NCCCOCCOC. The molecule has 21 heavy (non-hydrogen) atoms. The Kier molecular flexibility index (Phi) is 12.3. The van der Waals surface area contributed by atoms with Gasteiger partial charge in [0, 0.05) is 39.6 Å². The third kappa shape index (κ3) is 15.3. The van der Waals surface area contributed by atoms with Gasteiger partial charge in [-0.15, -0.1) is 0 Å². The zero-order valence-electron chi connectivity index (χ0n) is 13.4. The average Bonchev–Trinajstić information content (AvgIpc) is 2.41. The van der Waals surface area contributed by atoms with Crippen molar-refractivity contribution >= 4 is 15.8 Å². The number of guanidine groups is 1. The highest BCUT2D eigenvalue weighted by atomic mass is 32.2. The molecule has 0 radical (unpaired) electrons. The first-order chi connectivity index (χ1) is 9.99. The van der Waals surface area contributed by atoms with E-state index in [1.807, 2.05) is 6.92 Å². The van der Waals surface area contributed by atoms with Gasteiger partial charge in [-0.1, -0.05) is 0 Å². The zero-order chi connectivity index (χ0) is 16.0. The van der Waals surface area contributed by atoms with Crippen molar-refractivity contribution in [3.63, 3.8) is 0 Å². The molecule has 0 aromatic heterocycles. The molecule has 0 amide bonds. The number of ether oxygens (including phenoxy) is 2. The van der Waals surface area contributed by atoms with E-state index in [-0.39, 0.29) is 5.75 Å². The molecule has 7 nitrogen and oxygen atoms in total. The molecule has 2 N–H and O–H groups in total. The average molecular weight is 323 g/mol. The molecule has 0 spiro atoms. The van der Waals surface area contributed by atoms with Gasteiger partial charge in [0.05, 0.1) is 19.0 Å². The van der Waals surface area contributed by atoms with Crippen LogP contribution in [-0.4, -0.2) is 73.0 Å². The molecule has 8 heteroatoms. The fraction of sp³-hybridized carbons (Fsp3) is 0.923. The molecule has 0 rings (SSSR count). The van der Waals surface area contributed by atoms with Gasteiger partial charge in [0.1, 0.15) is 9.84 Å². The van der Waals surface area contributed by atoms with Crippen LogP contribution in [-0.2, 0) is 19.3 Å². The first kappa shape index (κ1) is 20.1. The van der Waals surface area contributed by atoms with Crippen molar-refractivity contribution < 1.29 is 17.9 Å². The van der Waals surface area contributed by atoms with Crippen molar-refractivity contribution in [3.05, 3.63) is 0 Å². The molecule has 0 saturated heterocycles. The van der Waals surface area contributed by atoms with Crippen LogP contribution >= 0.6 is 0 Å². The zero-order valence-corrected chi connectivity index (χ0v) is 14.2. The van der Waals surface area contributed by atoms with E-state index in [1.54, 1.807) is 7.11 Å². The molecule has 0 aromatic carbocycles. The summed E-state index contributed by atoms with van der Waals surface area (Å²) in [5, 5.41) is 6.31. The Hall–Kier alpha value is -0.860. The lowest BCUT2D eigenvalue weighted by Gasteiger charge is -2.11. The Labute approximate surface area is 128 Å². The minimum absolute atomic E-state index is 0.170. The molecule has 0 saturated carbocycles. The van der Waals surface area contributed by atoms with Crippen LogP contribution in [0.25, 0.3) is 0 Å². The number of hydrogen-bond acceptors (Lipinski definition) is 5. The van der Waals surface area contributed by atoms with Gasteiger partial charge >= 0.3 is 0 Å². The van der Waals surface area contributed by atoms with E-state index in [2.05, 4.69) is 15.6 Å². The minimum atomic E-state index is -2.90. The van der Waals surface area contributed by atoms with Gasteiger partial charge in [0.2, 0.25) is 0 Å². The first-order valence-corrected chi connectivity index (χ1v) is 9.32. The Morgan fingerprint density at radius 1 is 1.14 bits per heavy atom. The van der Waals surface area contributed by atoms with Crippen LogP contribution in [0.4, 0.5) is 0 Å². The number of nitrogens with one attached hydrogen (secondary N) is 2. The van der Waals surface area contributed by atoms with Crippen LogP contribution in [0, 0.1) is 0 Å². The van der Waals surface area contributed by atoms with Crippen LogP contribution < -0.4 is 10.6 Å². The molecule has 0 aliphatic carbocycles. The predicted octanol–water partition coefficient (Wildman–Crippen LogP) is 0.0293. The first-order valence-electron chi connectivity index (χ1n) is 7.26. The summed E-state index contributed by atoms with van der Waals surface area (Å²) >= 11 is 0. The van der Waals surface area contributed by atoms with E-state index in [9.17, 15) is 8.42 Å². The van der Waals surface area contributed by atoms with Crippen LogP contribution in [0.15, 0.2) is 4.99 Å². The fourth-order valence-electron chi connectivity index (χ4n) is 1.48. The Morgan fingerprint density at radius 3 is 2.52 bits per heavy atom. The van der Waals surface area contributed by atoms with Crippen LogP contribution in [0.2, 0.25) is 0 Å². The summed E-state index contributed by atoms with van der Waals surface area (Å²) in [6.07, 6.45) is 2.65. The van der Waals surface area contributed by atoms with Gasteiger partial charge in [0.25, 0.3) is 0 Å². The number of nitrogens with zero attached hydrogens (tertiary/aromatic N) is 1. The highest BCUT2D eigenvalue weighted by Gasteiger charge is 2.01. The summed E-state index contributed by atoms with van der Waals surface area (Å²) in [6, 6.07) is 0. The summed E-state index contributed by atoms with van der Waals surface area (Å²) in [4.78, 5) is 4.33. The lowest BCUT2D eigenvalue weighted by atomic mass is 10.4. The molecule has 0 aliphatic heterocycles. The molecular weight excluding hydrogens is 294 g/mol. The van der Waals surface area contributed by atoms with E-state index >= 15 is 0 Å². The number of methoxy groups -OCH3 is 1. The van der Waals surface area contributed by atoms with E-state index in [4.69, 9.17) is 9.47 Å². The molecule has 126 valence electrons. The van der Waals surface area contributed by atoms with Gasteiger partial charge in [-0.3, -0.25) is 4.99 Å². The van der Waals surface area contributed by atoms with Gasteiger partial charge < -0.3 is 20.1 Å². The standard InChI is InChI=1S/C13H29N3O4S/c1-4-14-13(16-8-6-12-21(3,17)18)15-7-5-9-20-11-10-19-2/h4-12H2,1-3H3,(H2,14,15,16). The van der Waals surface area contributed by atoms with Crippen molar-refractivity contribution in [2.45, 2.75) is 19.8 Å². The lowest BCUT2D eigenvalue weighted by molar-refractivity contribution is 0.0698. The van der Waals surface area contributed by atoms with Crippen molar-refractivity contribution in [1.29, 1.82) is 0 Å². The van der Waals surface area contributed by atoms with Gasteiger partial charge in [-0.25, -0.2) is 8.42 Å². The molecule has 0 fully saturated rings. The smallest absolute Gasteiger partial charge is 0.191 e. The normalized spacial score (nSPS) is 12.4. The maximum atomic E-state index is 11.0. The third-order valence-electron chi connectivity index (χ3n) is 2.48. The Bertz CT molecular complexity index is 372. The molecule has 0 unspecified atom stereocenters. The summed E-state index contributed by atoms with van der Waals surface area (Å²) in [6.45, 7) is 5.89. The third-order valence-corrected chi connectivity index (χ3v) is 3.51. The maximum absolute atomic E-state index is 11.0. The fourth-order valence-corrected chi connectivity index (χ4v) is 2.14. The summed E-state index contributed by atoms with van der Waals surface area (Å²) in [5.74, 6) is 0.881. The molecule has 0 atom stereocenters.